The Hall–Kier alpha value is -2.12. The van der Waals surface area contributed by atoms with Crippen molar-refractivity contribution in [1.29, 1.82) is 0 Å². The van der Waals surface area contributed by atoms with Gasteiger partial charge in [0.2, 0.25) is 0 Å². The fourth-order valence-electron chi connectivity index (χ4n) is 4.25. The zero-order valence-electron chi connectivity index (χ0n) is 14.7. The average Bonchev–Trinajstić information content (AvgIpc) is 3.30. The first-order chi connectivity index (χ1) is 12.1. The average molecular weight is 354 g/mol. The number of methoxy groups -OCH3 is 2. The highest BCUT2D eigenvalue weighted by Gasteiger charge is 2.43. The van der Waals surface area contributed by atoms with Crippen molar-refractivity contribution < 1.29 is 29.5 Å². The van der Waals surface area contributed by atoms with E-state index in [-0.39, 0.29) is 18.3 Å². The van der Waals surface area contributed by atoms with Crippen molar-refractivity contribution in [2.24, 2.45) is 34.0 Å². The van der Waals surface area contributed by atoms with Gasteiger partial charge in [0.05, 0.1) is 37.5 Å². The number of oxime groups is 2. The molecule has 0 heterocycles. The fourth-order valence-corrected chi connectivity index (χ4v) is 4.25. The van der Waals surface area contributed by atoms with Gasteiger partial charge in [-0.15, -0.1) is 0 Å². The van der Waals surface area contributed by atoms with Crippen molar-refractivity contribution in [1.82, 2.24) is 0 Å². The summed E-state index contributed by atoms with van der Waals surface area (Å²) in [4.78, 5) is 24.8. The van der Waals surface area contributed by atoms with Gasteiger partial charge in [-0.25, -0.2) is 0 Å². The molecule has 0 bridgehead atoms. The molecule has 8 nitrogen and oxygen atoms in total. The molecular weight excluding hydrogens is 328 g/mol. The monoisotopic (exact) mass is 354 g/mol. The number of hydrogen-bond acceptors (Lipinski definition) is 8. The van der Waals surface area contributed by atoms with Crippen LogP contribution in [-0.4, -0.2) is 48.0 Å². The van der Waals surface area contributed by atoms with Crippen molar-refractivity contribution in [3.8, 4) is 0 Å². The molecule has 0 saturated heterocycles. The van der Waals surface area contributed by atoms with E-state index in [9.17, 15) is 20.0 Å². The predicted octanol–water partition coefficient (Wildman–Crippen LogP) is 2.22. The van der Waals surface area contributed by atoms with Crippen LogP contribution in [0.4, 0.5) is 0 Å². The third-order valence-electron chi connectivity index (χ3n) is 5.50. The smallest absolute Gasteiger partial charge is 0.309 e. The molecule has 0 aromatic carbocycles. The standard InChI is InChI=1S/C17H26N2O6/c1-24-16(20)12(10-5-3-7-14(10)18-22)9-13(17(21)25-2)11-6-4-8-15(11)19-23/h10-13,22-23H,3-9H2,1-2H3/b18-14+,19-15+/t10-,11+,12-,13-/m1/s1. The van der Waals surface area contributed by atoms with Crippen LogP contribution in [0.25, 0.3) is 0 Å². The van der Waals surface area contributed by atoms with Gasteiger partial charge in [0.15, 0.2) is 0 Å². The largest absolute Gasteiger partial charge is 0.469 e. The lowest BCUT2D eigenvalue weighted by molar-refractivity contribution is -0.151. The lowest BCUT2D eigenvalue weighted by Crippen LogP contribution is -2.36. The summed E-state index contributed by atoms with van der Waals surface area (Å²) in [6, 6.07) is 0. The van der Waals surface area contributed by atoms with E-state index in [1.807, 2.05) is 0 Å². The van der Waals surface area contributed by atoms with Crippen molar-refractivity contribution in [2.75, 3.05) is 14.2 Å². The molecule has 2 aliphatic carbocycles. The molecule has 0 aliphatic heterocycles. The highest BCUT2D eigenvalue weighted by molar-refractivity contribution is 5.94. The molecule has 0 aromatic heterocycles. The van der Waals surface area contributed by atoms with Crippen LogP contribution in [0, 0.1) is 23.7 Å². The van der Waals surface area contributed by atoms with E-state index in [2.05, 4.69) is 10.3 Å². The normalized spacial score (nSPS) is 28.9. The van der Waals surface area contributed by atoms with Gasteiger partial charge in [0, 0.05) is 11.8 Å². The topological polar surface area (TPSA) is 118 Å². The molecule has 2 aliphatic rings. The van der Waals surface area contributed by atoms with Gasteiger partial charge in [0.1, 0.15) is 0 Å². The zero-order chi connectivity index (χ0) is 18.4. The van der Waals surface area contributed by atoms with Crippen LogP contribution in [0.5, 0.6) is 0 Å². The van der Waals surface area contributed by atoms with Crippen LogP contribution < -0.4 is 0 Å². The minimum Gasteiger partial charge on any atom is -0.469 e. The number of carbonyl (C=O) groups is 2. The van der Waals surface area contributed by atoms with E-state index in [0.29, 0.717) is 37.1 Å². The lowest BCUT2D eigenvalue weighted by Gasteiger charge is -2.28. The third kappa shape index (κ3) is 4.11. The number of ether oxygens (including phenoxy) is 2. The predicted molar refractivity (Wildman–Crippen MR) is 88.8 cm³/mol. The first-order valence-electron chi connectivity index (χ1n) is 8.64. The Balaban J connectivity index is 2.28. The van der Waals surface area contributed by atoms with Crippen LogP contribution in [0.15, 0.2) is 10.3 Å². The van der Waals surface area contributed by atoms with Crippen LogP contribution in [0.2, 0.25) is 0 Å². The summed E-state index contributed by atoms with van der Waals surface area (Å²) in [6.07, 6.45) is 4.54. The summed E-state index contributed by atoms with van der Waals surface area (Å²) in [7, 11) is 2.62. The molecule has 8 heteroatoms. The molecule has 140 valence electrons. The van der Waals surface area contributed by atoms with Crippen molar-refractivity contribution in [2.45, 2.75) is 44.9 Å². The summed E-state index contributed by atoms with van der Waals surface area (Å²) in [5.41, 5.74) is 1.14. The number of rotatable bonds is 6. The summed E-state index contributed by atoms with van der Waals surface area (Å²) in [6.45, 7) is 0. The van der Waals surface area contributed by atoms with E-state index in [1.165, 1.54) is 14.2 Å². The molecule has 2 saturated carbocycles. The first kappa shape index (κ1) is 19.2. The quantitative estimate of drug-likeness (QED) is 0.429. The number of esters is 2. The maximum absolute atomic E-state index is 12.4. The van der Waals surface area contributed by atoms with Gasteiger partial charge < -0.3 is 19.9 Å². The van der Waals surface area contributed by atoms with Gasteiger partial charge in [-0.2, -0.15) is 0 Å². The second kappa shape index (κ2) is 8.82. The fraction of sp³-hybridized carbons (Fsp3) is 0.765. The van der Waals surface area contributed by atoms with Crippen LogP contribution in [-0.2, 0) is 19.1 Å². The molecule has 2 rings (SSSR count). The van der Waals surface area contributed by atoms with Gasteiger partial charge in [0.25, 0.3) is 0 Å². The summed E-state index contributed by atoms with van der Waals surface area (Å²) in [5.74, 6) is -2.54. The van der Waals surface area contributed by atoms with Crippen LogP contribution in [0.1, 0.15) is 44.9 Å². The summed E-state index contributed by atoms with van der Waals surface area (Å²) in [5, 5.41) is 25.1. The molecule has 0 amide bonds. The van der Waals surface area contributed by atoms with Gasteiger partial charge >= 0.3 is 11.9 Å². The van der Waals surface area contributed by atoms with E-state index < -0.39 is 23.8 Å². The lowest BCUT2D eigenvalue weighted by atomic mass is 9.77. The molecule has 0 aromatic rings. The Kier molecular flexibility index (Phi) is 6.78. The maximum atomic E-state index is 12.4. The zero-order valence-corrected chi connectivity index (χ0v) is 14.7. The Morgan fingerprint density at radius 1 is 0.960 bits per heavy atom. The van der Waals surface area contributed by atoms with Crippen molar-refractivity contribution >= 4 is 23.4 Å². The number of hydrogen-bond donors (Lipinski definition) is 2. The van der Waals surface area contributed by atoms with Crippen molar-refractivity contribution in [3.05, 3.63) is 0 Å². The molecule has 25 heavy (non-hydrogen) atoms. The minimum absolute atomic E-state index is 0.215. The SMILES string of the molecule is COC(=O)[C@H](C[C@@H](C(=O)OC)[C@H]1CCC/C1=N\O)[C@@H]1CCC/C1=N\O. The highest BCUT2D eigenvalue weighted by atomic mass is 16.5. The van der Waals surface area contributed by atoms with Gasteiger partial charge in [-0.05, 0) is 44.9 Å². The Morgan fingerprint density at radius 2 is 1.36 bits per heavy atom. The van der Waals surface area contributed by atoms with E-state index in [0.717, 1.165) is 12.8 Å². The van der Waals surface area contributed by atoms with Crippen LogP contribution >= 0.6 is 0 Å². The van der Waals surface area contributed by atoms with Gasteiger partial charge in [-0.1, -0.05) is 10.3 Å². The number of nitrogens with zero attached hydrogens (tertiary/aromatic N) is 2. The molecular formula is C17H26N2O6. The van der Waals surface area contributed by atoms with E-state index in [1.54, 1.807) is 0 Å². The van der Waals surface area contributed by atoms with Crippen LogP contribution in [0.3, 0.4) is 0 Å². The molecule has 0 unspecified atom stereocenters. The minimum atomic E-state index is -0.594. The number of carbonyl (C=O) groups excluding carboxylic acids is 2. The second-order valence-corrected chi connectivity index (χ2v) is 6.68. The third-order valence-corrected chi connectivity index (χ3v) is 5.50. The van der Waals surface area contributed by atoms with E-state index >= 15 is 0 Å². The first-order valence-corrected chi connectivity index (χ1v) is 8.64. The molecule has 4 atom stereocenters. The molecule has 2 fully saturated rings. The second-order valence-electron chi connectivity index (χ2n) is 6.68. The van der Waals surface area contributed by atoms with Crippen molar-refractivity contribution in [3.63, 3.8) is 0 Å². The molecule has 0 radical (unpaired) electrons. The molecule has 0 spiro atoms. The summed E-state index contributed by atoms with van der Waals surface area (Å²) >= 11 is 0. The summed E-state index contributed by atoms with van der Waals surface area (Å²) < 4.78 is 9.88. The van der Waals surface area contributed by atoms with Gasteiger partial charge in [-0.3, -0.25) is 9.59 Å². The Bertz CT molecular complexity index is 511. The Morgan fingerprint density at radius 3 is 1.68 bits per heavy atom. The highest BCUT2D eigenvalue weighted by Crippen LogP contribution is 2.39. The Labute approximate surface area is 146 Å². The maximum Gasteiger partial charge on any atom is 0.309 e. The molecule has 2 N–H and O–H groups in total. The van der Waals surface area contributed by atoms with E-state index in [4.69, 9.17) is 9.47 Å².